The zero-order chi connectivity index (χ0) is 19.2. The van der Waals surface area contributed by atoms with Crippen LogP contribution in [-0.2, 0) is 11.3 Å². The normalized spacial score (nSPS) is 12.3. The Labute approximate surface area is 156 Å². The van der Waals surface area contributed by atoms with Gasteiger partial charge in [0.1, 0.15) is 19.0 Å². The standard InChI is InChI=1S/C19H20N2O6/c1-2-20(12-14-6-7-17-18(10-14)26-9-8-25-17)19(22)13-27-16-5-3-4-15(11-16)21(23)24/h3-7,10-11H,2,8-9,12-13H2,1H3. The number of benzene rings is 2. The fraction of sp³-hybridized carbons (Fsp3) is 0.316. The molecule has 1 aliphatic heterocycles. The number of amides is 1. The van der Waals surface area contributed by atoms with Gasteiger partial charge in [0.2, 0.25) is 0 Å². The number of carbonyl (C=O) groups excluding carboxylic acids is 1. The molecule has 0 atom stereocenters. The maximum absolute atomic E-state index is 12.5. The maximum atomic E-state index is 12.5. The van der Waals surface area contributed by atoms with Crippen molar-refractivity contribution in [1.82, 2.24) is 4.90 Å². The van der Waals surface area contributed by atoms with Crippen molar-refractivity contribution in [1.29, 1.82) is 0 Å². The third-order valence-corrected chi connectivity index (χ3v) is 4.11. The predicted molar refractivity (Wildman–Crippen MR) is 97.1 cm³/mol. The van der Waals surface area contributed by atoms with Gasteiger partial charge in [-0.05, 0) is 30.7 Å². The van der Waals surface area contributed by atoms with Crippen molar-refractivity contribution >= 4 is 11.6 Å². The average Bonchev–Trinajstić information content (AvgIpc) is 2.70. The molecule has 1 heterocycles. The lowest BCUT2D eigenvalue weighted by Gasteiger charge is -2.23. The van der Waals surface area contributed by atoms with E-state index in [0.717, 1.165) is 5.56 Å². The first-order valence-electron chi connectivity index (χ1n) is 8.60. The summed E-state index contributed by atoms with van der Waals surface area (Å²) in [4.78, 5) is 24.4. The number of ether oxygens (including phenoxy) is 3. The Hall–Kier alpha value is -3.29. The second-order valence-corrected chi connectivity index (χ2v) is 5.93. The number of nitro benzene ring substituents is 1. The van der Waals surface area contributed by atoms with Crippen molar-refractivity contribution in [3.63, 3.8) is 0 Å². The Kier molecular flexibility index (Phi) is 5.75. The molecule has 27 heavy (non-hydrogen) atoms. The van der Waals surface area contributed by atoms with Crippen LogP contribution in [0.3, 0.4) is 0 Å². The van der Waals surface area contributed by atoms with Crippen LogP contribution < -0.4 is 14.2 Å². The highest BCUT2D eigenvalue weighted by atomic mass is 16.6. The molecule has 2 aromatic rings. The topological polar surface area (TPSA) is 91.1 Å². The van der Waals surface area contributed by atoms with E-state index in [1.807, 2.05) is 25.1 Å². The fourth-order valence-corrected chi connectivity index (χ4v) is 2.71. The van der Waals surface area contributed by atoms with Gasteiger partial charge in [-0.2, -0.15) is 0 Å². The molecule has 0 N–H and O–H groups in total. The molecule has 142 valence electrons. The highest BCUT2D eigenvalue weighted by molar-refractivity contribution is 5.77. The van der Waals surface area contributed by atoms with Gasteiger partial charge in [0.25, 0.3) is 11.6 Å². The van der Waals surface area contributed by atoms with Crippen molar-refractivity contribution in [2.24, 2.45) is 0 Å². The third-order valence-electron chi connectivity index (χ3n) is 4.11. The van der Waals surface area contributed by atoms with Crippen molar-refractivity contribution < 1.29 is 23.9 Å². The van der Waals surface area contributed by atoms with E-state index >= 15 is 0 Å². The molecule has 0 spiro atoms. The molecule has 0 unspecified atom stereocenters. The summed E-state index contributed by atoms with van der Waals surface area (Å²) in [5.41, 5.74) is 0.841. The van der Waals surface area contributed by atoms with E-state index in [2.05, 4.69) is 0 Å². The number of fused-ring (bicyclic) bond motifs is 1. The summed E-state index contributed by atoms with van der Waals surface area (Å²) in [7, 11) is 0. The molecule has 0 bridgehead atoms. The van der Waals surface area contributed by atoms with Gasteiger partial charge in [-0.25, -0.2) is 0 Å². The first-order valence-corrected chi connectivity index (χ1v) is 8.60. The Morgan fingerprint density at radius 1 is 1.19 bits per heavy atom. The van der Waals surface area contributed by atoms with E-state index in [-0.39, 0.29) is 24.0 Å². The molecule has 0 aliphatic carbocycles. The quantitative estimate of drug-likeness (QED) is 0.548. The van der Waals surface area contributed by atoms with Crippen molar-refractivity contribution in [2.45, 2.75) is 13.5 Å². The molecular weight excluding hydrogens is 352 g/mol. The largest absolute Gasteiger partial charge is 0.486 e. The number of hydrogen-bond acceptors (Lipinski definition) is 6. The molecule has 0 aromatic heterocycles. The van der Waals surface area contributed by atoms with E-state index in [1.165, 1.54) is 18.2 Å². The minimum atomic E-state index is -0.505. The highest BCUT2D eigenvalue weighted by Gasteiger charge is 2.17. The van der Waals surface area contributed by atoms with Crippen LogP contribution in [-0.4, -0.2) is 42.1 Å². The SMILES string of the molecule is CCN(Cc1ccc2c(c1)OCCO2)C(=O)COc1cccc([N+](=O)[O-])c1. The lowest BCUT2D eigenvalue weighted by atomic mass is 10.1. The summed E-state index contributed by atoms with van der Waals surface area (Å²) >= 11 is 0. The van der Waals surface area contributed by atoms with Crippen LogP contribution in [0.5, 0.6) is 17.2 Å². The van der Waals surface area contributed by atoms with Gasteiger partial charge in [-0.1, -0.05) is 12.1 Å². The van der Waals surface area contributed by atoms with Crippen LogP contribution in [0.25, 0.3) is 0 Å². The van der Waals surface area contributed by atoms with Gasteiger partial charge in [-0.15, -0.1) is 0 Å². The second kappa shape index (κ2) is 8.39. The molecule has 1 aliphatic rings. The summed E-state index contributed by atoms with van der Waals surface area (Å²) in [5.74, 6) is 1.45. The Morgan fingerprint density at radius 3 is 2.70 bits per heavy atom. The molecule has 8 nitrogen and oxygen atoms in total. The third kappa shape index (κ3) is 4.66. The first-order chi connectivity index (χ1) is 13.1. The van der Waals surface area contributed by atoms with Gasteiger partial charge in [0, 0.05) is 19.2 Å². The van der Waals surface area contributed by atoms with Gasteiger partial charge in [-0.3, -0.25) is 14.9 Å². The molecule has 1 amide bonds. The van der Waals surface area contributed by atoms with Gasteiger partial charge in [0.15, 0.2) is 18.1 Å². The zero-order valence-corrected chi connectivity index (χ0v) is 14.9. The van der Waals surface area contributed by atoms with Gasteiger partial charge >= 0.3 is 0 Å². The molecule has 0 saturated carbocycles. The molecule has 3 rings (SSSR count). The van der Waals surface area contributed by atoms with Crippen LogP contribution in [0.4, 0.5) is 5.69 Å². The molecular formula is C19H20N2O6. The van der Waals surface area contributed by atoms with Crippen molar-refractivity contribution in [3.05, 3.63) is 58.1 Å². The Balaban J connectivity index is 1.61. The maximum Gasteiger partial charge on any atom is 0.273 e. The molecule has 0 saturated heterocycles. The highest BCUT2D eigenvalue weighted by Crippen LogP contribution is 2.31. The molecule has 0 radical (unpaired) electrons. The van der Waals surface area contributed by atoms with Crippen LogP contribution in [0.2, 0.25) is 0 Å². The number of hydrogen-bond donors (Lipinski definition) is 0. The first kappa shape index (κ1) is 18.5. The smallest absolute Gasteiger partial charge is 0.273 e. The van der Waals surface area contributed by atoms with E-state index < -0.39 is 4.92 Å². The number of carbonyl (C=O) groups is 1. The van der Waals surface area contributed by atoms with Gasteiger partial charge < -0.3 is 19.1 Å². The zero-order valence-electron chi connectivity index (χ0n) is 14.9. The lowest BCUT2D eigenvalue weighted by Crippen LogP contribution is -2.34. The van der Waals surface area contributed by atoms with Crippen molar-refractivity contribution in [2.75, 3.05) is 26.4 Å². The summed E-state index contributed by atoms with van der Waals surface area (Å²) < 4.78 is 16.5. The molecule has 0 fully saturated rings. The second-order valence-electron chi connectivity index (χ2n) is 5.93. The van der Waals surface area contributed by atoms with E-state index in [0.29, 0.717) is 37.8 Å². The van der Waals surface area contributed by atoms with Crippen LogP contribution in [0.15, 0.2) is 42.5 Å². The summed E-state index contributed by atoms with van der Waals surface area (Å²) in [6.07, 6.45) is 0. The summed E-state index contributed by atoms with van der Waals surface area (Å²) in [5, 5.41) is 10.8. The Morgan fingerprint density at radius 2 is 1.96 bits per heavy atom. The van der Waals surface area contributed by atoms with Crippen LogP contribution >= 0.6 is 0 Å². The number of likely N-dealkylation sites (N-methyl/N-ethyl adjacent to an activating group) is 1. The average molecular weight is 372 g/mol. The van der Waals surface area contributed by atoms with Crippen LogP contribution in [0, 0.1) is 10.1 Å². The number of nitrogens with zero attached hydrogens (tertiary/aromatic N) is 2. The number of non-ortho nitro benzene ring substituents is 1. The predicted octanol–water partition coefficient (Wildman–Crippen LogP) is 2.79. The minimum Gasteiger partial charge on any atom is -0.486 e. The molecule has 2 aromatic carbocycles. The number of nitro groups is 1. The van der Waals surface area contributed by atoms with E-state index in [9.17, 15) is 14.9 Å². The van der Waals surface area contributed by atoms with Crippen molar-refractivity contribution in [3.8, 4) is 17.2 Å². The number of rotatable bonds is 7. The van der Waals surface area contributed by atoms with Crippen LogP contribution in [0.1, 0.15) is 12.5 Å². The minimum absolute atomic E-state index is 0.0800. The van der Waals surface area contributed by atoms with Gasteiger partial charge in [0.05, 0.1) is 11.0 Å². The Bertz CT molecular complexity index is 839. The summed E-state index contributed by atoms with van der Waals surface area (Å²) in [6.45, 7) is 3.63. The van der Waals surface area contributed by atoms with E-state index in [1.54, 1.807) is 11.0 Å². The lowest BCUT2D eigenvalue weighted by molar-refractivity contribution is -0.384. The summed E-state index contributed by atoms with van der Waals surface area (Å²) in [6, 6.07) is 11.4. The monoisotopic (exact) mass is 372 g/mol. The molecule has 8 heteroatoms. The fourth-order valence-electron chi connectivity index (χ4n) is 2.71. The van der Waals surface area contributed by atoms with E-state index in [4.69, 9.17) is 14.2 Å².